The average molecular weight is 481 g/mol. The van der Waals surface area contributed by atoms with E-state index < -0.39 is 0 Å². The zero-order chi connectivity index (χ0) is 25.1. The van der Waals surface area contributed by atoms with Crippen LogP contribution in [0.5, 0.6) is 0 Å². The predicted molar refractivity (Wildman–Crippen MR) is 142 cm³/mol. The fourth-order valence-corrected chi connectivity index (χ4v) is 4.04. The number of fused-ring (bicyclic) bond motifs is 2. The molecule has 2 heterocycles. The predicted octanol–water partition coefficient (Wildman–Crippen LogP) is 5.05. The van der Waals surface area contributed by atoms with E-state index in [0.717, 1.165) is 57.7 Å². The summed E-state index contributed by atoms with van der Waals surface area (Å²) in [6.45, 7) is 5.35. The number of H-pyrrole nitrogens is 2. The van der Waals surface area contributed by atoms with Crippen molar-refractivity contribution in [2.24, 2.45) is 0 Å². The van der Waals surface area contributed by atoms with Crippen molar-refractivity contribution in [1.29, 1.82) is 0 Å². The molecule has 2 amide bonds. The Morgan fingerprint density at radius 1 is 0.667 bits per heavy atom. The highest BCUT2D eigenvalue weighted by molar-refractivity contribution is 5.98. The number of hydrogen-bond acceptors (Lipinski definition) is 4. The van der Waals surface area contributed by atoms with Gasteiger partial charge in [0.1, 0.15) is 11.6 Å². The van der Waals surface area contributed by atoms with Crippen LogP contribution in [0, 0.1) is 0 Å². The molecule has 4 N–H and O–H groups in total. The van der Waals surface area contributed by atoms with E-state index in [-0.39, 0.29) is 11.8 Å². The van der Waals surface area contributed by atoms with Crippen LogP contribution in [0.3, 0.4) is 0 Å². The molecule has 0 saturated heterocycles. The molecule has 0 saturated carbocycles. The topological polar surface area (TPSA) is 116 Å². The van der Waals surface area contributed by atoms with E-state index in [9.17, 15) is 9.59 Å². The van der Waals surface area contributed by atoms with Gasteiger partial charge >= 0.3 is 0 Å². The van der Waals surface area contributed by atoms with Gasteiger partial charge in [-0.3, -0.25) is 9.59 Å². The summed E-state index contributed by atoms with van der Waals surface area (Å²) in [7, 11) is 0. The van der Waals surface area contributed by atoms with Crippen LogP contribution in [0.4, 0.5) is 0 Å². The standard InChI is InChI=1S/C28H28N6O2/c1-3-13-29-27(35)19-9-11-21-23(15-19)33-25(31-21)17-5-7-18(8-6-17)26-32-22-12-10-20(16-24(22)34-26)28(36)30-14-4-2/h5-12,15-16H,3-4,13-14H2,1-2H3,(H,29,35)(H,30,36)(H,31,33)(H,32,34). The van der Waals surface area contributed by atoms with E-state index in [1.165, 1.54) is 0 Å². The van der Waals surface area contributed by atoms with Gasteiger partial charge in [0, 0.05) is 35.3 Å². The Hall–Kier alpha value is -4.46. The molecule has 0 fully saturated rings. The largest absolute Gasteiger partial charge is 0.352 e. The molecule has 0 aliphatic heterocycles. The lowest BCUT2D eigenvalue weighted by Crippen LogP contribution is -2.23. The molecule has 182 valence electrons. The zero-order valence-corrected chi connectivity index (χ0v) is 20.3. The van der Waals surface area contributed by atoms with E-state index in [1.807, 2.05) is 62.4 Å². The van der Waals surface area contributed by atoms with E-state index in [4.69, 9.17) is 0 Å². The molecule has 8 nitrogen and oxygen atoms in total. The quantitative estimate of drug-likeness (QED) is 0.249. The summed E-state index contributed by atoms with van der Waals surface area (Å²) in [5.74, 6) is 1.29. The van der Waals surface area contributed by atoms with Crippen LogP contribution in [-0.4, -0.2) is 44.8 Å². The van der Waals surface area contributed by atoms with Gasteiger partial charge in [-0.25, -0.2) is 9.97 Å². The van der Waals surface area contributed by atoms with Gasteiger partial charge in [0.15, 0.2) is 0 Å². The maximum Gasteiger partial charge on any atom is 0.251 e. The lowest BCUT2D eigenvalue weighted by Gasteiger charge is -2.02. The molecular weight excluding hydrogens is 452 g/mol. The lowest BCUT2D eigenvalue weighted by molar-refractivity contribution is 0.0945. The van der Waals surface area contributed by atoms with Crippen molar-refractivity contribution >= 4 is 33.9 Å². The minimum atomic E-state index is -0.0844. The second kappa shape index (κ2) is 10.0. The maximum absolute atomic E-state index is 12.3. The second-order valence-electron chi connectivity index (χ2n) is 8.72. The number of amides is 2. The summed E-state index contributed by atoms with van der Waals surface area (Å²) < 4.78 is 0. The second-order valence-corrected chi connectivity index (χ2v) is 8.72. The summed E-state index contributed by atoms with van der Waals surface area (Å²) in [4.78, 5) is 40.6. The monoisotopic (exact) mass is 480 g/mol. The number of aromatic amines is 2. The smallest absolute Gasteiger partial charge is 0.251 e. The normalized spacial score (nSPS) is 11.2. The zero-order valence-electron chi connectivity index (χ0n) is 20.3. The molecule has 0 aliphatic rings. The maximum atomic E-state index is 12.3. The van der Waals surface area contributed by atoms with Gasteiger partial charge in [0.2, 0.25) is 0 Å². The Kier molecular flexibility index (Phi) is 6.49. The molecule has 0 bridgehead atoms. The van der Waals surface area contributed by atoms with Gasteiger partial charge in [-0.15, -0.1) is 0 Å². The van der Waals surface area contributed by atoms with Crippen molar-refractivity contribution in [3.05, 3.63) is 71.8 Å². The van der Waals surface area contributed by atoms with Gasteiger partial charge in [0.05, 0.1) is 22.1 Å². The first-order chi connectivity index (χ1) is 17.6. The summed E-state index contributed by atoms with van der Waals surface area (Å²) in [5.41, 5.74) is 6.31. The van der Waals surface area contributed by atoms with Crippen LogP contribution in [0.1, 0.15) is 47.4 Å². The number of rotatable bonds is 8. The molecule has 5 aromatic rings. The molecule has 0 atom stereocenters. The SMILES string of the molecule is CCCNC(=O)c1ccc2nc(-c3ccc(-c4nc5ccc(C(=O)NCCC)cc5[nH]4)cc3)[nH]c2c1. The van der Waals surface area contributed by atoms with E-state index >= 15 is 0 Å². The number of benzene rings is 3. The van der Waals surface area contributed by atoms with E-state index in [0.29, 0.717) is 24.2 Å². The van der Waals surface area contributed by atoms with Crippen molar-refractivity contribution in [2.75, 3.05) is 13.1 Å². The number of nitrogens with zero attached hydrogens (tertiary/aromatic N) is 2. The molecule has 0 spiro atoms. The third-order valence-corrected chi connectivity index (χ3v) is 5.99. The minimum absolute atomic E-state index is 0.0844. The van der Waals surface area contributed by atoms with Gasteiger partial charge in [0.25, 0.3) is 11.8 Å². The summed E-state index contributed by atoms with van der Waals surface area (Å²) >= 11 is 0. The fraction of sp³-hybridized carbons (Fsp3) is 0.214. The fourth-order valence-electron chi connectivity index (χ4n) is 4.04. The molecule has 8 heteroatoms. The van der Waals surface area contributed by atoms with Crippen LogP contribution >= 0.6 is 0 Å². The van der Waals surface area contributed by atoms with Crippen LogP contribution in [0.25, 0.3) is 44.8 Å². The highest BCUT2D eigenvalue weighted by Gasteiger charge is 2.12. The molecule has 36 heavy (non-hydrogen) atoms. The Labute approximate surface area is 208 Å². The van der Waals surface area contributed by atoms with Crippen molar-refractivity contribution < 1.29 is 9.59 Å². The van der Waals surface area contributed by atoms with Crippen LogP contribution in [0.2, 0.25) is 0 Å². The Balaban J connectivity index is 1.37. The van der Waals surface area contributed by atoms with Crippen LogP contribution < -0.4 is 10.6 Å². The number of hydrogen-bond donors (Lipinski definition) is 4. The lowest BCUT2D eigenvalue weighted by atomic mass is 10.1. The number of carbonyl (C=O) groups is 2. The van der Waals surface area contributed by atoms with Crippen molar-refractivity contribution in [2.45, 2.75) is 26.7 Å². The Bertz CT molecular complexity index is 1430. The Morgan fingerprint density at radius 3 is 1.47 bits per heavy atom. The molecule has 0 unspecified atom stereocenters. The summed E-state index contributed by atoms with van der Waals surface area (Å²) in [6, 6.07) is 18.9. The molecule has 2 aromatic heterocycles. The molecule has 3 aromatic carbocycles. The first kappa shape index (κ1) is 23.3. The molecule has 5 rings (SSSR count). The van der Waals surface area contributed by atoms with E-state index in [1.54, 1.807) is 12.1 Å². The van der Waals surface area contributed by atoms with Gasteiger partial charge in [-0.05, 0) is 49.2 Å². The molecular formula is C28H28N6O2. The van der Waals surface area contributed by atoms with Crippen LogP contribution in [0.15, 0.2) is 60.7 Å². The van der Waals surface area contributed by atoms with Crippen molar-refractivity contribution in [3.8, 4) is 22.8 Å². The third kappa shape index (κ3) is 4.70. The highest BCUT2D eigenvalue weighted by atomic mass is 16.2. The van der Waals surface area contributed by atoms with Crippen molar-refractivity contribution in [3.63, 3.8) is 0 Å². The van der Waals surface area contributed by atoms with Crippen LogP contribution in [-0.2, 0) is 0 Å². The average Bonchev–Trinajstić information content (AvgIpc) is 3.53. The van der Waals surface area contributed by atoms with Gasteiger partial charge < -0.3 is 20.6 Å². The first-order valence-electron chi connectivity index (χ1n) is 12.2. The third-order valence-electron chi connectivity index (χ3n) is 5.99. The van der Waals surface area contributed by atoms with Gasteiger partial charge in [-0.1, -0.05) is 38.1 Å². The molecule has 0 aliphatic carbocycles. The Morgan fingerprint density at radius 2 is 1.08 bits per heavy atom. The first-order valence-corrected chi connectivity index (χ1v) is 12.2. The number of carbonyl (C=O) groups excluding carboxylic acids is 2. The minimum Gasteiger partial charge on any atom is -0.352 e. The number of aromatic nitrogens is 4. The summed E-state index contributed by atoms with van der Waals surface area (Å²) in [5, 5.41) is 5.80. The molecule has 0 radical (unpaired) electrons. The van der Waals surface area contributed by atoms with Crippen molar-refractivity contribution in [1.82, 2.24) is 30.6 Å². The number of imidazole rings is 2. The van der Waals surface area contributed by atoms with Gasteiger partial charge in [-0.2, -0.15) is 0 Å². The highest BCUT2D eigenvalue weighted by Crippen LogP contribution is 2.26. The van der Waals surface area contributed by atoms with E-state index in [2.05, 4.69) is 30.6 Å². The summed E-state index contributed by atoms with van der Waals surface area (Å²) in [6.07, 6.45) is 1.78. The number of nitrogens with one attached hydrogen (secondary N) is 4.